The molecule has 2 N–H and O–H groups in total. The number of amides is 4. The van der Waals surface area contributed by atoms with Crippen LogP contribution in [0.4, 0.5) is 29.3 Å². The molecule has 8 nitrogen and oxygen atoms in total. The highest BCUT2D eigenvalue weighted by Gasteiger charge is 2.33. The SMILES string of the molecule is CN(C)CCN1C(=O)c2cccc3cc(NC(=O)Nc4ccc(OC(F)(F)F)cc4)cc(c23)C1=O. The first kappa shape index (κ1) is 24.0. The fourth-order valence-electron chi connectivity index (χ4n) is 3.77. The third-order valence-electron chi connectivity index (χ3n) is 5.30. The van der Waals surface area contributed by atoms with Gasteiger partial charge in [-0.2, -0.15) is 0 Å². The van der Waals surface area contributed by atoms with Crippen LogP contribution in [-0.4, -0.2) is 61.2 Å². The van der Waals surface area contributed by atoms with Gasteiger partial charge in [-0.15, -0.1) is 13.2 Å². The summed E-state index contributed by atoms with van der Waals surface area (Å²) in [5, 5.41) is 6.27. The summed E-state index contributed by atoms with van der Waals surface area (Å²) in [6, 6.07) is 12.2. The van der Waals surface area contributed by atoms with Gasteiger partial charge >= 0.3 is 12.4 Å². The van der Waals surface area contributed by atoms with E-state index in [1.807, 2.05) is 19.0 Å². The molecule has 0 aromatic heterocycles. The van der Waals surface area contributed by atoms with Crippen LogP contribution in [0.3, 0.4) is 0 Å². The Morgan fingerprint density at radius 1 is 0.943 bits per heavy atom. The van der Waals surface area contributed by atoms with E-state index < -0.39 is 24.1 Å². The molecule has 0 saturated carbocycles. The highest BCUT2D eigenvalue weighted by atomic mass is 19.4. The lowest BCUT2D eigenvalue weighted by Crippen LogP contribution is -2.43. The summed E-state index contributed by atoms with van der Waals surface area (Å²) in [5.74, 6) is -1.24. The first-order valence-electron chi connectivity index (χ1n) is 10.5. The van der Waals surface area contributed by atoms with Gasteiger partial charge in [0.25, 0.3) is 11.8 Å². The molecule has 35 heavy (non-hydrogen) atoms. The van der Waals surface area contributed by atoms with Crippen LogP contribution in [0.5, 0.6) is 5.75 Å². The number of carbonyl (C=O) groups is 3. The van der Waals surface area contributed by atoms with Gasteiger partial charge in [0.05, 0.1) is 5.56 Å². The van der Waals surface area contributed by atoms with Crippen LogP contribution in [0.25, 0.3) is 10.8 Å². The van der Waals surface area contributed by atoms with E-state index in [1.54, 1.807) is 24.3 Å². The van der Waals surface area contributed by atoms with Gasteiger partial charge in [-0.3, -0.25) is 14.5 Å². The van der Waals surface area contributed by atoms with Gasteiger partial charge in [0.2, 0.25) is 0 Å². The lowest BCUT2D eigenvalue weighted by atomic mass is 9.93. The number of alkyl halides is 3. The van der Waals surface area contributed by atoms with E-state index in [9.17, 15) is 27.6 Å². The summed E-state index contributed by atoms with van der Waals surface area (Å²) in [5.41, 5.74) is 1.25. The van der Waals surface area contributed by atoms with Gasteiger partial charge in [0.1, 0.15) is 5.75 Å². The minimum Gasteiger partial charge on any atom is -0.406 e. The van der Waals surface area contributed by atoms with Gasteiger partial charge in [0.15, 0.2) is 0 Å². The van der Waals surface area contributed by atoms with Crippen LogP contribution in [0, 0.1) is 0 Å². The summed E-state index contributed by atoms with van der Waals surface area (Å²) >= 11 is 0. The van der Waals surface area contributed by atoms with E-state index in [4.69, 9.17) is 0 Å². The van der Waals surface area contributed by atoms with Crippen molar-refractivity contribution in [3.8, 4) is 5.75 Å². The first-order valence-corrected chi connectivity index (χ1v) is 10.5. The van der Waals surface area contributed by atoms with Crippen LogP contribution < -0.4 is 15.4 Å². The molecule has 0 fully saturated rings. The van der Waals surface area contributed by atoms with Crippen LogP contribution in [0.2, 0.25) is 0 Å². The second-order valence-corrected chi connectivity index (χ2v) is 8.14. The van der Waals surface area contributed by atoms with Crippen LogP contribution >= 0.6 is 0 Å². The molecule has 0 bridgehead atoms. The summed E-state index contributed by atoms with van der Waals surface area (Å²) in [6.45, 7) is 0.711. The number of likely N-dealkylation sites (N-methyl/N-ethyl adjacent to an activating group) is 1. The molecule has 0 radical (unpaired) electrons. The second kappa shape index (κ2) is 9.26. The Morgan fingerprint density at radius 3 is 2.26 bits per heavy atom. The Labute approximate surface area is 198 Å². The molecular weight excluding hydrogens is 465 g/mol. The lowest BCUT2D eigenvalue weighted by molar-refractivity contribution is -0.274. The van der Waals surface area contributed by atoms with Crippen molar-refractivity contribution in [2.75, 3.05) is 37.8 Å². The van der Waals surface area contributed by atoms with Gasteiger partial charge < -0.3 is 20.3 Å². The van der Waals surface area contributed by atoms with E-state index in [2.05, 4.69) is 15.4 Å². The highest BCUT2D eigenvalue weighted by Crippen LogP contribution is 2.33. The maximum Gasteiger partial charge on any atom is 0.573 e. The predicted molar refractivity (Wildman–Crippen MR) is 124 cm³/mol. The minimum absolute atomic E-state index is 0.215. The van der Waals surface area contributed by atoms with Crippen LogP contribution in [0.15, 0.2) is 54.6 Å². The van der Waals surface area contributed by atoms with Crippen molar-refractivity contribution in [3.05, 3.63) is 65.7 Å². The summed E-state index contributed by atoms with van der Waals surface area (Å²) in [6.07, 6.45) is -4.81. The van der Waals surface area contributed by atoms with Gasteiger partial charge in [-0.1, -0.05) is 12.1 Å². The number of nitrogens with zero attached hydrogens (tertiary/aromatic N) is 2. The number of imide groups is 1. The molecule has 0 spiro atoms. The summed E-state index contributed by atoms with van der Waals surface area (Å²) in [4.78, 5) is 41.6. The summed E-state index contributed by atoms with van der Waals surface area (Å²) < 4.78 is 40.7. The van der Waals surface area contributed by atoms with E-state index in [0.717, 1.165) is 12.1 Å². The smallest absolute Gasteiger partial charge is 0.406 e. The maximum absolute atomic E-state index is 13.2. The van der Waals surface area contributed by atoms with Crippen LogP contribution in [0.1, 0.15) is 20.7 Å². The second-order valence-electron chi connectivity index (χ2n) is 8.14. The number of benzene rings is 3. The standard InChI is InChI=1S/C24H21F3N4O4/c1-30(2)10-11-31-21(32)18-5-3-4-14-12-16(13-19(20(14)18)22(31)33)29-23(34)28-15-6-8-17(9-7-15)35-24(25,26)27/h3-9,12-13H,10-11H2,1-2H3,(H2,28,29,34). The molecule has 3 aromatic carbocycles. The number of halogens is 3. The molecule has 0 unspecified atom stereocenters. The van der Waals surface area contributed by atoms with E-state index >= 15 is 0 Å². The Bertz CT molecular complexity index is 1310. The average Bonchev–Trinajstić information content (AvgIpc) is 2.77. The molecule has 1 aliphatic heterocycles. The quantitative estimate of drug-likeness (QED) is 0.500. The van der Waals surface area contributed by atoms with E-state index in [0.29, 0.717) is 34.1 Å². The van der Waals surface area contributed by atoms with Crippen molar-refractivity contribution in [3.63, 3.8) is 0 Å². The molecule has 182 valence electrons. The number of nitrogens with one attached hydrogen (secondary N) is 2. The summed E-state index contributed by atoms with van der Waals surface area (Å²) in [7, 11) is 3.68. The predicted octanol–water partition coefficient (Wildman–Crippen LogP) is 4.54. The number of anilines is 2. The molecule has 0 aliphatic carbocycles. The number of hydrogen-bond acceptors (Lipinski definition) is 5. The largest absolute Gasteiger partial charge is 0.573 e. The van der Waals surface area contributed by atoms with E-state index in [1.165, 1.54) is 23.1 Å². The zero-order chi connectivity index (χ0) is 25.3. The fourth-order valence-corrected chi connectivity index (χ4v) is 3.77. The van der Waals surface area contributed by atoms with Crippen molar-refractivity contribution < 1.29 is 32.3 Å². The zero-order valence-corrected chi connectivity index (χ0v) is 18.8. The number of rotatable bonds is 6. The number of hydrogen-bond donors (Lipinski definition) is 2. The molecule has 0 saturated heterocycles. The van der Waals surface area contributed by atoms with Crippen LogP contribution in [-0.2, 0) is 0 Å². The number of ether oxygens (including phenoxy) is 1. The third kappa shape index (κ3) is 5.35. The monoisotopic (exact) mass is 486 g/mol. The number of carbonyl (C=O) groups excluding carboxylic acids is 3. The molecule has 4 rings (SSSR count). The number of urea groups is 1. The van der Waals surface area contributed by atoms with Crippen molar-refractivity contribution in [1.29, 1.82) is 0 Å². The molecule has 0 atom stereocenters. The molecular formula is C24H21F3N4O4. The molecule has 1 heterocycles. The zero-order valence-electron chi connectivity index (χ0n) is 18.8. The Hall–Kier alpha value is -4.12. The third-order valence-corrected chi connectivity index (χ3v) is 5.30. The molecule has 4 amide bonds. The van der Waals surface area contributed by atoms with E-state index in [-0.39, 0.29) is 18.1 Å². The molecule has 11 heteroatoms. The highest BCUT2D eigenvalue weighted by molar-refractivity contribution is 6.26. The Kier molecular flexibility index (Phi) is 6.35. The van der Waals surface area contributed by atoms with Crippen molar-refractivity contribution >= 4 is 40.0 Å². The average molecular weight is 486 g/mol. The first-order chi connectivity index (χ1) is 16.5. The topological polar surface area (TPSA) is 91.0 Å². The Balaban J connectivity index is 1.55. The van der Waals surface area contributed by atoms with Gasteiger partial charge in [-0.05, 0) is 61.9 Å². The lowest BCUT2D eigenvalue weighted by Gasteiger charge is -2.28. The van der Waals surface area contributed by atoms with Gasteiger partial charge in [0, 0.05) is 35.4 Å². The molecule has 1 aliphatic rings. The fraction of sp³-hybridized carbons (Fsp3) is 0.208. The van der Waals surface area contributed by atoms with Crippen molar-refractivity contribution in [2.24, 2.45) is 0 Å². The normalized spacial score (nSPS) is 13.4. The molecule has 3 aromatic rings. The maximum atomic E-state index is 13.2. The Morgan fingerprint density at radius 2 is 1.60 bits per heavy atom. The van der Waals surface area contributed by atoms with Crippen molar-refractivity contribution in [2.45, 2.75) is 6.36 Å². The van der Waals surface area contributed by atoms with Crippen molar-refractivity contribution in [1.82, 2.24) is 9.80 Å². The van der Waals surface area contributed by atoms with Gasteiger partial charge in [-0.25, -0.2) is 4.79 Å². The minimum atomic E-state index is -4.81.